The lowest BCUT2D eigenvalue weighted by Crippen LogP contribution is -2.12. The van der Waals surface area contributed by atoms with Crippen LogP contribution in [0.3, 0.4) is 0 Å². The standard InChI is InChI=1S/C24H20ClN3O3/c1-30-21-13-2-16(3-14-21)4-15-22(29)26-20-11-7-17(8-12-20)23-27-24(31-28-23)18-5-9-19(25)10-6-18/h2-3,5-14H,4,15H2,1H3,(H,26,29). The molecule has 0 atom stereocenters. The van der Waals surface area contributed by atoms with E-state index >= 15 is 0 Å². The van der Waals surface area contributed by atoms with E-state index in [0.29, 0.717) is 35.3 Å². The first kappa shape index (κ1) is 20.6. The van der Waals surface area contributed by atoms with Crippen molar-refractivity contribution in [2.24, 2.45) is 0 Å². The van der Waals surface area contributed by atoms with Gasteiger partial charge in [0.15, 0.2) is 0 Å². The molecule has 0 aliphatic carbocycles. The average molecular weight is 434 g/mol. The van der Waals surface area contributed by atoms with Crippen LogP contribution in [0.4, 0.5) is 5.69 Å². The van der Waals surface area contributed by atoms with Crippen molar-refractivity contribution in [2.75, 3.05) is 12.4 Å². The fourth-order valence-corrected chi connectivity index (χ4v) is 3.15. The molecule has 0 saturated carbocycles. The Labute approximate surface area is 184 Å². The highest BCUT2D eigenvalue weighted by atomic mass is 35.5. The number of aryl methyl sites for hydroxylation is 1. The summed E-state index contributed by atoms with van der Waals surface area (Å²) in [7, 11) is 1.63. The largest absolute Gasteiger partial charge is 0.497 e. The SMILES string of the molecule is COc1ccc(CCC(=O)Nc2ccc(-c3noc(-c4ccc(Cl)cc4)n3)cc2)cc1. The van der Waals surface area contributed by atoms with Gasteiger partial charge < -0.3 is 14.6 Å². The number of methoxy groups -OCH3 is 1. The van der Waals surface area contributed by atoms with Crippen LogP contribution in [0.5, 0.6) is 5.75 Å². The second-order valence-corrected chi connectivity index (χ2v) is 7.34. The van der Waals surface area contributed by atoms with Crippen molar-refractivity contribution in [2.45, 2.75) is 12.8 Å². The molecule has 0 spiro atoms. The van der Waals surface area contributed by atoms with E-state index in [1.807, 2.05) is 60.7 Å². The van der Waals surface area contributed by atoms with Gasteiger partial charge >= 0.3 is 0 Å². The van der Waals surface area contributed by atoms with Crippen molar-refractivity contribution in [1.82, 2.24) is 10.1 Å². The molecule has 1 aromatic heterocycles. The molecular formula is C24H20ClN3O3. The molecule has 0 unspecified atom stereocenters. The van der Waals surface area contributed by atoms with Gasteiger partial charge in [-0.05, 0) is 72.6 Å². The van der Waals surface area contributed by atoms with E-state index in [2.05, 4.69) is 15.5 Å². The number of halogens is 1. The second kappa shape index (κ2) is 9.45. The van der Waals surface area contributed by atoms with Gasteiger partial charge in [-0.3, -0.25) is 4.79 Å². The Balaban J connectivity index is 1.34. The van der Waals surface area contributed by atoms with Gasteiger partial charge in [0.1, 0.15) is 5.75 Å². The minimum Gasteiger partial charge on any atom is -0.497 e. The Kier molecular flexibility index (Phi) is 6.29. The highest BCUT2D eigenvalue weighted by Crippen LogP contribution is 2.24. The third-order valence-electron chi connectivity index (χ3n) is 4.74. The van der Waals surface area contributed by atoms with Gasteiger partial charge in [-0.1, -0.05) is 28.9 Å². The number of aromatic nitrogens is 2. The maximum atomic E-state index is 12.3. The zero-order chi connectivity index (χ0) is 21.6. The summed E-state index contributed by atoms with van der Waals surface area (Å²) in [6.45, 7) is 0. The summed E-state index contributed by atoms with van der Waals surface area (Å²) in [4.78, 5) is 16.7. The third-order valence-corrected chi connectivity index (χ3v) is 5.00. The number of nitrogens with one attached hydrogen (secondary N) is 1. The normalized spacial score (nSPS) is 10.6. The monoisotopic (exact) mass is 433 g/mol. The van der Waals surface area contributed by atoms with E-state index in [9.17, 15) is 4.79 Å². The summed E-state index contributed by atoms with van der Waals surface area (Å²) in [5.74, 6) is 1.65. The second-order valence-electron chi connectivity index (χ2n) is 6.90. The topological polar surface area (TPSA) is 77.2 Å². The van der Waals surface area contributed by atoms with Gasteiger partial charge in [-0.25, -0.2) is 0 Å². The lowest BCUT2D eigenvalue weighted by atomic mass is 10.1. The fraction of sp³-hybridized carbons (Fsp3) is 0.125. The molecular weight excluding hydrogens is 414 g/mol. The van der Waals surface area contributed by atoms with Crippen LogP contribution in [0.1, 0.15) is 12.0 Å². The van der Waals surface area contributed by atoms with Crippen LogP contribution >= 0.6 is 11.6 Å². The van der Waals surface area contributed by atoms with E-state index in [1.165, 1.54) is 0 Å². The highest BCUT2D eigenvalue weighted by molar-refractivity contribution is 6.30. The molecule has 7 heteroatoms. The molecule has 1 N–H and O–H groups in total. The first-order valence-corrected chi connectivity index (χ1v) is 10.1. The van der Waals surface area contributed by atoms with Crippen LogP contribution in [-0.2, 0) is 11.2 Å². The van der Waals surface area contributed by atoms with Crippen molar-refractivity contribution in [3.63, 3.8) is 0 Å². The summed E-state index contributed by atoms with van der Waals surface area (Å²) < 4.78 is 10.5. The zero-order valence-corrected chi connectivity index (χ0v) is 17.6. The minimum atomic E-state index is -0.0480. The fourth-order valence-electron chi connectivity index (χ4n) is 3.03. The van der Waals surface area contributed by atoms with E-state index < -0.39 is 0 Å². The van der Waals surface area contributed by atoms with Gasteiger partial charge in [-0.15, -0.1) is 0 Å². The van der Waals surface area contributed by atoms with Gasteiger partial charge in [0.2, 0.25) is 11.7 Å². The number of carbonyl (C=O) groups excluding carboxylic acids is 1. The minimum absolute atomic E-state index is 0.0480. The first-order chi connectivity index (χ1) is 15.1. The molecule has 156 valence electrons. The van der Waals surface area contributed by atoms with Gasteiger partial charge in [-0.2, -0.15) is 4.98 Å². The number of amides is 1. The molecule has 1 heterocycles. The molecule has 4 aromatic rings. The van der Waals surface area contributed by atoms with Crippen molar-refractivity contribution in [3.8, 4) is 28.6 Å². The molecule has 3 aromatic carbocycles. The van der Waals surface area contributed by atoms with Gasteiger partial charge in [0.05, 0.1) is 7.11 Å². The van der Waals surface area contributed by atoms with Gasteiger partial charge in [0.25, 0.3) is 5.89 Å². The summed E-state index contributed by atoms with van der Waals surface area (Å²) in [5, 5.41) is 7.59. The molecule has 6 nitrogen and oxygen atoms in total. The number of hydrogen-bond acceptors (Lipinski definition) is 5. The van der Waals surface area contributed by atoms with E-state index in [1.54, 1.807) is 19.2 Å². The number of carbonyl (C=O) groups is 1. The zero-order valence-electron chi connectivity index (χ0n) is 16.8. The molecule has 0 aliphatic rings. The molecule has 0 aliphatic heterocycles. The van der Waals surface area contributed by atoms with Crippen LogP contribution in [-0.4, -0.2) is 23.2 Å². The van der Waals surface area contributed by atoms with Gasteiger partial charge in [0, 0.05) is 28.3 Å². The molecule has 1 amide bonds. The number of ether oxygens (including phenoxy) is 1. The lowest BCUT2D eigenvalue weighted by molar-refractivity contribution is -0.116. The van der Waals surface area contributed by atoms with Crippen molar-refractivity contribution >= 4 is 23.2 Å². The van der Waals surface area contributed by atoms with Crippen LogP contribution < -0.4 is 10.1 Å². The smallest absolute Gasteiger partial charge is 0.258 e. The van der Waals surface area contributed by atoms with Crippen molar-refractivity contribution in [3.05, 3.63) is 83.4 Å². The molecule has 0 radical (unpaired) electrons. The van der Waals surface area contributed by atoms with E-state index in [4.69, 9.17) is 20.9 Å². The molecule has 31 heavy (non-hydrogen) atoms. The average Bonchev–Trinajstić information content (AvgIpc) is 3.29. The summed E-state index contributed by atoms with van der Waals surface area (Å²) >= 11 is 5.91. The predicted octanol–water partition coefficient (Wildman–Crippen LogP) is 5.64. The predicted molar refractivity (Wildman–Crippen MR) is 120 cm³/mol. The first-order valence-electron chi connectivity index (χ1n) is 9.73. The number of anilines is 1. The molecule has 0 bridgehead atoms. The molecule has 0 saturated heterocycles. The maximum absolute atomic E-state index is 12.3. The number of benzene rings is 3. The molecule has 0 fully saturated rings. The maximum Gasteiger partial charge on any atom is 0.258 e. The van der Waals surface area contributed by atoms with Crippen molar-refractivity contribution < 1.29 is 14.1 Å². The Hall–Kier alpha value is -3.64. The highest BCUT2D eigenvalue weighted by Gasteiger charge is 2.11. The van der Waals surface area contributed by atoms with Crippen molar-refractivity contribution in [1.29, 1.82) is 0 Å². The van der Waals surface area contributed by atoms with E-state index in [0.717, 1.165) is 22.4 Å². The summed E-state index contributed by atoms with van der Waals surface area (Å²) in [5.41, 5.74) is 3.38. The van der Waals surface area contributed by atoms with E-state index in [-0.39, 0.29) is 5.91 Å². The Bertz CT molecular complexity index is 1150. The Morgan fingerprint density at radius 2 is 1.65 bits per heavy atom. The van der Waals surface area contributed by atoms with Crippen LogP contribution in [0.15, 0.2) is 77.3 Å². The number of rotatable bonds is 7. The Morgan fingerprint density at radius 3 is 2.32 bits per heavy atom. The summed E-state index contributed by atoms with van der Waals surface area (Å²) in [6, 6.07) is 22.2. The van der Waals surface area contributed by atoms with Crippen LogP contribution in [0.25, 0.3) is 22.8 Å². The summed E-state index contributed by atoms with van der Waals surface area (Å²) in [6.07, 6.45) is 1.05. The lowest BCUT2D eigenvalue weighted by Gasteiger charge is -2.06. The number of nitrogens with zero attached hydrogens (tertiary/aromatic N) is 2. The number of hydrogen-bond donors (Lipinski definition) is 1. The quantitative estimate of drug-likeness (QED) is 0.408. The Morgan fingerprint density at radius 1 is 0.968 bits per heavy atom. The third kappa shape index (κ3) is 5.29. The van der Waals surface area contributed by atoms with Crippen LogP contribution in [0.2, 0.25) is 5.02 Å². The molecule has 4 rings (SSSR count). The van der Waals surface area contributed by atoms with Crippen LogP contribution in [0, 0.1) is 0 Å².